The highest BCUT2D eigenvalue weighted by molar-refractivity contribution is 6.30. The molecular formula is C13H15ClN2O4. The van der Waals surface area contributed by atoms with Crippen molar-refractivity contribution < 1.29 is 19.5 Å². The average Bonchev–Trinajstić information content (AvgIpc) is 2.38. The van der Waals surface area contributed by atoms with E-state index in [1.807, 2.05) is 0 Å². The molecule has 0 saturated heterocycles. The smallest absolute Gasteiger partial charge is 0.326 e. The van der Waals surface area contributed by atoms with Gasteiger partial charge >= 0.3 is 5.97 Å². The predicted octanol–water partition coefficient (Wildman–Crippen LogP) is 0.717. The van der Waals surface area contributed by atoms with Crippen LogP contribution >= 0.6 is 11.6 Å². The van der Waals surface area contributed by atoms with E-state index in [4.69, 9.17) is 22.4 Å². The van der Waals surface area contributed by atoms with Crippen molar-refractivity contribution in [3.8, 4) is 0 Å². The van der Waals surface area contributed by atoms with E-state index >= 15 is 0 Å². The van der Waals surface area contributed by atoms with E-state index in [0.29, 0.717) is 5.02 Å². The van der Waals surface area contributed by atoms with Gasteiger partial charge in [0.1, 0.15) is 6.04 Å². The van der Waals surface area contributed by atoms with Gasteiger partial charge in [-0.15, -0.1) is 0 Å². The Hall–Kier alpha value is -2.08. The molecule has 4 N–H and O–H groups in total. The molecule has 2 amide bonds. The maximum Gasteiger partial charge on any atom is 0.326 e. The molecule has 0 heterocycles. The number of primary amides is 1. The molecule has 1 atom stereocenters. The van der Waals surface area contributed by atoms with Gasteiger partial charge in [-0.3, -0.25) is 9.59 Å². The van der Waals surface area contributed by atoms with Crippen LogP contribution in [-0.2, 0) is 20.8 Å². The van der Waals surface area contributed by atoms with Gasteiger partial charge in [0.25, 0.3) is 0 Å². The van der Waals surface area contributed by atoms with Gasteiger partial charge < -0.3 is 16.2 Å². The van der Waals surface area contributed by atoms with Crippen molar-refractivity contribution in [2.75, 3.05) is 0 Å². The Labute approximate surface area is 120 Å². The Bertz CT molecular complexity index is 502. The Kier molecular flexibility index (Phi) is 5.99. The maximum absolute atomic E-state index is 11.5. The largest absolute Gasteiger partial charge is 0.480 e. The highest BCUT2D eigenvalue weighted by Crippen LogP contribution is 2.11. The fourth-order valence-electron chi connectivity index (χ4n) is 1.56. The van der Waals surface area contributed by atoms with E-state index in [1.165, 1.54) is 0 Å². The second-order valence-corrected chi connectivity index (χ2v) is 4.69. The van der Waals surface area contributed by atoms with E-state index in [-0.39, 0.29) is 19.3 Å². The first-order valence-corrected chi connectivity index (χ1v) is 6.31. The van der Waals surface area contributed by atoms with Crippen LogP contribution in [0.3, 0.4) is 0 Å². The van der Waals surface area contributed by atoms with Gasteiger partial charge in [-0.1, -0.05) is 23.7 Å². The van der Waals surface area contributed by atoms with Crippen molar-refractivity contribution >= 4 is 29.4 Å². The zero-order valence-electron chi connectivity index (χ0n) is 10.6. The van der Waals surface area contributed by atoms with Crippen molar-refractivity contribution in [3.05, 3.63) is 34.9 Å². The summed E-state index contributed by atoms with van der Waals surface area (Å²) in [6.07, 6.45) is -0.104. The van der Waals surface area contributed by atoms with Crippen LogP contribution in [0.5, 0.6) is 0 Å². The lowest BCUT2D eigenvalue weighted by Crippen LogP contribution is -2.42. The van der Waals surface area contributed by atoms with E-state index < -0.39 is 23.8 Å². The SMILES string of the molecule is NC(=O)CCC(=O)N[C@@H](Cc1ccc(Cl)cc1)C(=O)O. The van der Waals surface area contributed by atoms with Crippen LogP contribution in [-0.4, -0.2) is 28.9 Å². The van der Waals surface area contributed by atoms with Crippen molar-refractivity contribution in [3.63, 3.8) is 0 Å². The minimum absolute atomic E-state index is 0.112. The van der Waals surface area contributed by atoms with Gasteiger partial charge in [-0.25, -0.2) is 4.79 Å². The minimum Gasteiger partial charge on any atom is -0.480 e. The first kappa shape index (κ1) is 16.0. The molecule has 0 aromatic heterocycles. The van der Waals surface area contributed by atoms with Crippen LogP contribution in [0.15, 0.2) is 24.3 Å². The van der Waals surface area contributed by atoms with Crippen LogP contribution in [0.1, 0.15) is 18.4 Å². The van der Waals surface area contributed by atoms with E-state index in [2.05, 4.69) is 5.32 Å². The van der Waals surface area contributed by atoms with Crippen molar-refractivity contribution in [2.45, 2.75) is 25.3 Å². The van der Waals surface area contributed by atoms with Crippen LogP contribution in [0.4, 0.5) is 0 Å². The summed E-state index contributed by atoms with van der Waals surface area (Å²) in [6, 6.07) is 5.61. The van der Waals surface area contributed by atoms with Gasteiger partial charge in [0.15, 0.2) is 0 Å². The summed E-state index contributed by atoms with van der Waals surface area (Å²) in [7, 11) is 0. The van der Waals surface area contributed by atoms with Crippen LogP contribution in [0.25, 0.3) is 0 Å². The summed E-state index contributed by atoms with van der Waals surface area (Å²) in [5.74, 6) is -2.28. The number of nitrogens with one attached hydrogen (secondary N) is 1. The third-order valence-corrected chi connectivity index (χ3v) is 2.84. The molecule has 20 heavy (non-hydrogen) atoms. The number of carbonyl (C=O) groups is 3. The number of hydrogen-bond donors (Lipinski definition) is 3. The van der Waals surface area contributed by atoms with Crippen LogP contribution in [0, 0.1) is 0 Å². The second-order valence-electron chi connectivity index (χ2n) is 4.26. The minimum atomic E-state index is -1.15. The third-order valence-electron chi connectivity index (χ3n) is 2.58. The zero-order chi connectivity index (χ0) is 15.1. The number of halogens is 1. The van der Waals surface area contributed by atoms with Gasteiger partial charge in [-0.05, 0) is 17.7 Å². The van der Waals surface area contributed by atoms with E-state index in [1.54, 1.807) is 24.3 Å². The number of rotatable bonds is 7. The molecule has 0 aliphatic carbocycles. The Morgan fingerprint density at radius 1 is 1.20 bits per heavy atom. The Morgan fingerprint density at radius 3 is 2.30 bits per heavy atom. The molecule has 6 nitrogen and oxygen atoms in total. The fourth-order valence-corrected chi connectivity index (χ4v) is 1.69. The molecule has 1 rings (SSSR count). The summed E-state index contributed by atoms with van der Waals surface area (Å²) in [4.78, 5) is 33.2. The molecule has 1 aromatic carbocycles. The number of hydrogen-bond acceptors (Lipinski definition) is 3. The normalized spacial score (nSPS) is 11.7. The lowest BCUT2D eigenvalue weighted by molar-refractivity contribution is -0.141. The van der Waals surface area contributed by atoms with Crippen LogP contribution < -0.4 is 11.1 Å². The molecule has 0 saturated carbocycles. The number of carboxylic acids is 1. The molecular weight excluding hydrogens is 284 g/mol. The zero-order valence-corrected chi connectivity index (χ0v) is 11.4. The van der Waals surface area contributed by atoms with Gasteiger partial charge in [-0.2, -0.15) is 0 Å². The molecule has 0 aliphatic rings. The first-order chi connectivity index (χ1) is 9.38. The number of amides is 2. The number of carbonyl (C=O) groups excluding carboxylic acids is 2. The first-order valence-electron chi connectivity index (χ1n) is 5.93. The molecule has 0 aliphatic heterocycles. The Morgan fingerprint density at radius 2 is 1.80 bits per heavy atom. The van der Waals surface area contributed by atoms with Gasteiger partial charge in [0.2, 0.25) is 11.8 Å². The summed E-state index contributed by atoms with van der Waals surface area (Å²) in [6.45, 7) is 0. The van der Waals surface area contributed by atoms with Crippen molar-refractivity contribution in [1.82, 2.24) is 5.32 Å². The van der Waals surface area contributed by atoms with Gasteiger partial charge in [0, 0.05) is 24.3 Å². The standard InChI is InChI=1S/C13H15ClN2O4/c14-9-3-1-8(2-4-9)7-10(13(19)20)16-12(18)6-5-11(15)17/h1-4,10H,5-7H2,(H2,15,17)(H,16,18)(H,19,20)/t10-/m0/s1. The predicted molar refractivity (Wildman–Crippen MR) is 73.2 cm³/mol. The summed E-state index contributed by atoms with van der Waals surface area (Å²) < 4.78 is 0. The van der Waals surface area contributed by atoms with Crippen LogP contribution in [0.2, 0.25) is 5.02 Å². The lowest BCUT2D eigenvalue weighted by Gasteiger charge is -2.14. The molecule has 0 bridgehead atoms. The molecule has 0 radical (unpaired) electrons. The highest BCUT2D eigenvalue weighted by atomic mass is 35.5. The molecule has 1 aromatic rings. The molecule has 0 spiro atoms. The van der Waals surface area contributed by atoms with E-state index in [9.17, 15) is 14.4 Å². The molecule has 0 fully saturated rings. The quantitative estimate of drug-likeness (QED) is 0.689. The lowest BCUT2D eigenvalue weighted by atomic mass is 10.1. The monoisotopic (exact) mass is 298 g/mol. The fraction of sp³-hybridized carbons (Fsp3) is 0.308. The number of benzene rings is 1. The second kappa shape index (κ2) is 7.49. The summed E-state index contributed by atoms with van der Waals surface area (Å²) >= 11 is 5.74. The summed E-state index contributed by atoms with van der Waals surface area (Å²) in [5.41, 5.74) is 5.65. The Balaban J connectivity index is 2.60. The average molecular weight is 299 g/mol. The van der Waals surface area contributed by atoms with E-state index in [0.717, 1.165) is 5.56 Å². The molecule has 0 unspecified atom stereocenters. The van der Waals surface area contributed by atoms with Gasteiger partial charge in [0.05, 0.1) is 0 Å². The topological polar surface area (TPSA) is 109 Å². The van der Waals surface area contributed by atoms with Crippen molar-refractivity contribution in [1.29, 1.82) is 0 Å². The highest BCUT2D eigenvalue weighted by Gasteiger charge is 2.20. The summed E-state index contributed by atoms with van der Waals surface area (Å²) in [5, 5.41) is 12.0. The molecule has 108 valence electrons. The maximum atomic E-state index is 11.5. The number of nitrogens with two attached hydrogens (primary N) is 1. The van der Waals surface area contributed by atoms with Crippen molar-refractivity contribution in [2.24, 2.45) is 5.73 Å². The number of carboxylic acid groups (broad SMARTS) is 1. The number of aliphatic carboxylic acids is 1. The molecule has 7 heteroatoms. The third kappa shape index (κ3) is 5.71.